The van der Waals surface area contributed by atoms with Crippen molar-refractivity contribution in [2.45, 2.75) is 98.0 Å². The van der Waals surface area contributed by atoms with Gasteiger partial charge in [0.1, 0.15) is 81.4 Å². The number of aliphatic hydroxyl groups is 12. The van der Waals surface area contributed by atoms with Crippen molar-refractivity contribution in [1.82, 2.24) is 4.72 Å². The Labute approximate surface area is 486 Å². The molecule has 0 spiro atoms. The normalized spacial score (nSPS) is 29.4. The standard InChI is InChI=1S/C48H93NO33S/c1-83-49-48(28-75-31-72-18-15-66-6-3-63-9-12-69-21-24-78-46-41(58)36(53)38(55)43(60)81-46,29-76-32-73-19-16-67-7-4-64-10-13-70-22-25-79-47-42(59)37(54)39(56)44(61)82-47)27-74-30-71-17-14-65-5-2-62-8-11-68-20-23-77-45-40(57)35(52)34(51)33(26-50)80-45/h33-47,49-61H,2-32H2,1H3/t33?,34-,35?,36?,37?,38+,39+,40?,41?,42?,43?,44?,45+,46+,47+,48?/m0/s1. The smallest absolute Gasteiger partial charge is 0.189 e. The summed E-state index contributed by atoms with van der Waals surface area (Å²) >= 11 is 1.34. The van der Waals surface area contributed by atoms with E-state index in [1.54, 1.807) is 0 Å². The van der Waals surface area contributed by atoms with Crippen LogP contribution in [0.25, 0.3) is 0 Å². The third kappa shape index (κ3) is 32.3. The van der Waals surface area contributed by atoms with E-state index in [4.69, 9.17) is 99.5 Å². The van der Waals surface area contributed by atoms with Gasteiger partial charge < -0.3 is 161 Å². The van der Waals surface area contributed by atoms with Crippen LogP contribution in [0.1, 0.15) is 0 Å². The molecule has 35 heteroatoms. The van der Waals surface area contributed by atoms with Crippen LogP contribution in [-0.4, -0.2) is 371 Å². The third-order valence-corrected chi connectivity index (χ3v) is 12.4. The zero-order valence-electron chi connectivity index (χ0n) is 46.9. The molecule has 13 N–H and O–H groups in total. The molecular weight excluding hydrogens is 1150 g/mol. The van der Waals surface area contributed by atoms with Crippen molar-refractivity contribution >= 4 is 11.9 Å². The van der Waals surface area contributed by atoms with E-state index in [0.29, 0.717) is 39.6 Å². The van der Waals surface area contributed by atoms with Gasteiger partial charge in [-0.1, -0.05) is 11.9 Å². The van der Waals surface area contributed by atoms with Gasteiger partial charge in [0.25, 0.3) is 0 Å². The van der Waals surface area contributed by atoms with Crippen LogP contribution in [0.5, 0.6) is 0 Å². The number of ether oxygens (including phenoxy) is 21. The first kappa shape index (κ1) is 76.2. The first-order valence-corrected chi connectivity index (χ1v) is 28.4. The maximum absolute atomic E-state index is 10.0. The van der Waals surface area contributed by atoms with Crippen molar-refractivity contribution in [2.24, 2.45) is 0 Å². The van der Waals surface area contributed by atoms with E-state index in [9.17, 15) is 61.3 Å². The van der Waals surface area contributed by atoms with Crippen LogP contribution in [-0.2, 0) is 99.5 Å². The Morgan fingerprint density at radius 1 is 0.313 bits per heavy atom. The highest BCUT2D eigenvalue weighted by molar-refractivity contribution is 7.96. The fourth-order valence-electron chi connectivity index (χ4n) is 7.28. The molecule has 0 bridgehead atoms. The van der Waals surface area contributed by atoms with Gasteiger partial charge in [-0.3, -0.25) is 4.72 Å². The molecule has 3 aliphatic rings. The molecule has 83 heavy (non-hydrogen) atoms. The van der Waals surface area contributed by atoms with E-state index in [2.05, 4.69) is 4.72 Å². The summed E-state index contributed by atoms with van der Waals surface area (Å²) in [5.74, 6) is 0. The molecule has 0 aromatic rings. The van der Waals surface area contributed by atoms with Gasteiger partial charge in [-0.05, 0) is 6.26 Å². The summed E-state index contributed by atoms with van der Waals surface area (Å²) in [7, 11) is 0. The lowest BCUT2D eigenvalue weighted by Crippen LogP contribution is -2.59. The van der Waals surface area contributed by atoms with Crippen LogP contribution in [0.15, 0.2) is 0 Å². The molecule has 3 heterocycles. The molecule has 0 amide bonds. The van der Waals surface area contributed by atoms with Gasteiger partial charge in [0.05, 0.1) is 191 Å². The number of aliphatic hydroxyl groups excluding tert-OH is 12. The van der Waals surface area contributed by atoms with E-state index in [1.807, 2.05) is 6.26 Å². The van der Waals surface area contributed by atoms with Gasteiger partial charge in [0, 0.05) is 0 Å². The number of rotatable bonds is 54. The number of nitrogens with one attached hydrogen (secondary N) is 1. The molecule has 3 aliphatic heterocycles. The van der Waals surface area contributed by atoms with Gasteiger partial charge in [-0.15, -0.1) is 0 Å². The Morgan fingerprint density at radius 2 is 0.566 bits per heavy atom. The molecule has 3 fully saturated rings. The zero-order valence-corrected chi connectivity index (χ0v) is 47.7. The molecule has 0 saturated carbocycles. The van der Waals surface area contributed by atoms with E-state index in [1.165, 1.54) is 11.9 Å². The number of hydrogen-bond acceptors (Lipinski definition) is 35. The molecule has 15 atom stereocenters. The van der Waals surface area contributed by atoms with E-state index < -0.39 is 105 Å². The third-order valence-electron chi connectivity index (χ3n) is 11.8. The fraction of sp³-hybridized carbons (Fsp3) is 1.00. The van der Waals surface area contributed by atoms with Gasteiger partial charge in [-0.2, -0.15) is 0 Å². The fourth-order valence-corrected chi connectivity index (χ4v) is 7.89. The van der Waals surface area contributed by atoms with Crippen LogP contribution in [0.3, 0.4) is 0 Å². The van der Waals surface area contributed by atoms with Crippen LogP contribution < -0.4 is 4.72 Å². The molecule has 0 aliphatic carbocycles. The molecule has 494 valence electrons. The molecule has 3 rings (SSSR count). The molecule has 0 aromatic heterocycles. The Hall–Kier alpha value is -1.01. The second-order valence-electron chi connectivity index (χ2n) is 18.3. The average Bonchev–Trinajstić information content (AvgIpc) is 3.59. The van der Waals surface area contributed by atoms with Gasteiger partial charge in [0.15, 0.2) is 31.5 Å². The summed E-state index contributed by atoms with van der Waals surface area (Å²) in [5, 5.41) is 117. The average molecular weight is 1240 g/mol. The predicted molar refractivity (Wildman–Crippen MR) is 276 cm³/mol. The molecule has 3 saturated heterocycles. The summed E-state index contributed by atoms with van der Waals surface area (Å²) < 4.78 is 118. The first-order chi connectivity index (χ1) is 40.3. The second kappa shape index (κ2) is 47.9. The second-order valence-corrected chi connectivity index (χ2v) is 18.9. The minimum Gasteiger partial charge on any atom is -0.394 e. The predicted octanol–water partition coefficient (Wildman–Crippen LogP) is -7.92. The Morgan fingerprint density at radius 3 is 0.843 bits per heavy atom. The van der Waals surface area contributed by atoms with Crippen LogP contribution >= 0.6 is 11.9 Å². The highest BCUT2D eigenvalue weighted by Crippen LogP contribution is 2.23. The number of hydrogen-bond donors (Lipinski definition) is 13. The van der Waals surface area contributed by atoms with Crippen molar-refractivity contribution in [3.63, 3.8) is 0 Å². The molecular formula is C48H93NO33S. The molecule has 0 aromatic carbocycles. The maximum Gasteiger partial charge on any atom is 0.189 e. The summed E-state index contributed by atoms with van der Waals surface area (Å²) in [4.78, 5) is 0. The SMILES string of the molecule is CSNC(COCOCCOCCOCCOCCO[C@@H]1OC(O)[C@H](O)C(O)C1O)(COCOCCOCCOCCOCCO[C@@H]1OC(O)[C@H](O)C(O)C1O)COCOCCOCCOCCOCCO[C@@H]1OC(CO)[C@H](O)C(O)C1O. The first-order valence-electron chi connectivity index (χ1n) is 27.1. The minimum atomic E-state index is -1.69. The summed E-state index contributed by atoms with van der Waals surface area (Å²) in [6.07, 6.45) is -20.5. The van der Waals surface area contributed by atoms with Gasteiger partial charge in [-0.25, -0.2) is 0 Å². The zero-order chi connectivity index (χ0) is 60.3. The van der Waals surface area contributed by atoms with Crippen molar-refractivity contribution in [3.8, 4) is 0 Å². The van der Waals surface area contributed by atoms with E-state index >= 15 is 0 Å². The van der Waals surface area contributed by atoms with E-state index in [0.717, 1.165) is 0 Å². The van der Waals surface area contributed by atoms with Crippen molar-refractivity contribution in [1.29, 1.82) is 0 Å². The monoisotopic (exact) mass is 1240 g/mol. The Kier molecular flexibility index (Phi) is 44.0. The molecule has 34 nitrogen and oxygen atoms in total. The largest absolute Gasteiger partial charge is 0.394 e. The van der Waals surface area contributed by atoms with Crippen LogP contribution in [0.4, 0.5) is 0 Å². The topological polar surface area (TPSA) is 449 Å². The molecule has 0 radical (unpaired) electrons. The summed E-state index contributed by atoms with van der Waals surface area (Å²) in [6.45, 7) is 4.95. The summed E-state index contributed by atoms with van der Waals surface area (Å²) in [6, 6.07) is 0. The van der Waals surface area contributed by atoms with Crippen LogP contribution in [0, 0.1) is 0 Å². The quantitative estimate of drug-likeness (QED) is 0.0153. The Bertz CT molecular complexity index is 1430. The maximum atomic E-state index is 10.0. The van der Waals surface area contributed by atoms with Gasteiger partial charge >= 0.3 is 0 Å². The van der Waals surface area contributed by atoms with Crippen LogP contribution in [0.2, 0.25) is 0 Å². The van der Waals surface area contributed by atoms with Crippen molar-refractivity contribution < 1.29 is 161 Å². The van der Waals surface area contributed by atoms with Crippen molar-refractivity contribution in [3.05, 3.63) is 0 Å². The Balaban J connectivity index is 1.22. The van der Waals surface area contributed by atoms with Gasteiger partial charge in [0.2, 0.25) is 0 Å². The lowest BCUT2D eigenvalue weighted by Gasteiger charge is -2.39. The lowest BCUT2D eigenvalue weighted by molar-refractivity contribution is -0.341. The highest BCUT2D eigenvalue weighted by atomic mass is 32.2. The van der Waals surface area contributed by atoms with Crippen molar-refractivity contribution in [2.75, 3.05) is 212 Å². The molecule has 9 unspecified atom stereocenters. The lowest BCUT2D eigenvalue weighted by atomic mass is 9.99. The van der Waals surface area contributed by atoms with E-state index in [-0.39, 0.29) is 159 Å². The highest BCUT2D eigenvalue weighted by Gasteiger charge is 2.46. The minimum absolute atomic E-state index is 0.00557. The summed E-state index contributed by atoms with van der Waals surface area (Å²) in [5.41, 5.74) is -0.868.